The smallest absolute Gasteiger partial charge is 0.282 e. The Morgan fingerprint density at radius 2 is 1.66 bits per heavy atom. The van der Waals surface area contributed by atoms with E-state index in [4.69, 9.17) is 0 Å². The van der Waals surface area contributed by atoms with E-state index in [2.05, 4.69) is 19.9 Å². The van der Waals surface area contributed by atoms with Gasteiger partial charge >= 0.3 is 0 Å². The number of nitrogens with zero attached hydrogens (tertiary/aromatic N) is 6. The molecule has 146 valence electrons. The molecule has 4 heterocycles. The average Bonchev–Trinajstić information content (AvgIpc) is 3.43. The first-order chi connectivity index (χ1) is 14.2. The molecule has 1 saturated heterocycles. The molecule has 5 rings (SSSR count). The molecular formula is C21H20N6OS. The van der Waals surface area contributed by atoms with E-state index in [9.17, 15) is 4.79 Å². The molecule has 0 aliphatic carbocycles. The molecule has 1 aromatic carbocycles. The highest BCUT2D eigenvalue weighted by molar-refractivity contribution is 7.20. The normalized spacial score (nSPS) is 14.5. The van der Waals surface area contributed by atoms with Crippen LogP contribution in [0.15, 0.2) is 54.9 Å². The monoisotopic (exact) mass is 404 g/mol. The van der Waals surface area contributed by atoms with Crippen molar-refractivity contribution in [1.82, 2.24) is 24.4 Å². The number of anilines is 1. The first-order valence-electron chi connectivity index (χ1n) is 9.56. The van der Waals surface area contributed by atoms with Crippen molar-refractivity contribution in [1.29, 1.82) is 0 Å². The van der Waals surface area contributed by atoms with Gasteiger partial charge in [0.1, 0.15) is 17.5 Å². The first kappa shape index (κ1) is 17.8. The van der Waals surface area contributed by atoms with Gasteiger partial charge in [0.15, 0.2) is 5.01 Å². The van der Waals surface area contributed by atoms with Crippen molar-refractivity contribution in [3.63, 3.8) is 0 Å². The number of aryl methyl sites for hydroxylation is 1. The number of benzene rings is 1. The molecule has 0 spiro atoms. The lowest BCUT2D eigenvalue weighted by atomic mass is 10.3. The Morgan fingerprint density at radius 3 is 2.41 bits per heavy atom. The Bertz CT molecular complexity index is 1130. The number of rotatable bonds is 3. The molecule has 0 radical (unpaired) electrons. The van der Waals surface area contributed by atoms with Gasteiger partial charge < -0.3 is 14.4 Å². The van der Waals surface area contributed by atoms with Gasteiger partial charge in [0.2, 0.25) is 0 Å². The summed E-state index contributed by atoms with van der Waals surface area (Å²) in [4.78, 5) is 30.6. The largest absolute Gasteiger partial charge is 0.353 e. The highest BCUT2D eigenvalue weighted by Gasteiger charge is 2.25. The third-order valence-electron chi connectivity index (χ3n) is 5.05. The molecule has 0 bridgehead atoms. The van der Waals surface area contributed by atoms with Gasteiger partial charge in [-0.2, -0.15) is 0 Å². The number of carbonyl (C=O) groups excluding carboxylic acids is 1. The van der Waals surface area contributed by atoms with Crippen molar-refractivity contribution in [3.05, 3.63) is 65.7 Å². The van der Waals surface area contributed by atoms with Crippen molar-refractivity contribution in [2.75, 3.05) is 31.1 Å². The first-order valence-corrected chi connectivity index (χ1v) is 10.4. The Morgan fingerprint density at radius 1 is 0.931 bits per heavy atom. The van der Waals surface area contributed by atoms with Crippen LogP contribution < -0.4 is 4.90 Å². The van der Waals surface area contributed by atoms with E-state index < -0.39 is 0 Å². The maximum atomic E-state index is 12.9. The fourth-order valence-corrected chi connectivity index (χ4v) is 4.49. The summed E-state index contributed by atoms with van der Waals surface area (Å²) < 4.78 is 3.02. The predicted octanol–water partition coefficient (Wildman–Crippen LogP) is 3.15. The number of para-hydroxylation sites is 1. The van der Waals surface area contributed by atoms with Crippen LogP contribution in [0.4, 0.5) is 5.82 Å². The van der Waals surface area contributed by atoms with Crippen LogP contribution in [0, 0.1) is 6.92 Å². The Labute approximate surface area is 172 Å². The van der Waals surface area contributed by atoms with Crippen LogP contribution in [0.3, 0.4) is 0 Å². The van der Waals surface area contributed by atoms with Gasteiger partial charge in [0.25, 0.3) is 5.91 Å². The molecule has 3 aromatic heterocycles. The van der Waals surface area contributed by atoms with Crippen LogP contribution in [-0.2, 0) is 0 Å². The van der Waals surface area contributed by atoms with Gasteiger partial charge in [-0.25, -0.2) is 15.0 Å². The molecule has 1 aliphatic heterocycles. The van der Waals surface area contributed by atoms with E-state index in [1.807, 2.05) is 71.2 Å². The highest BCUT2D eigenvalue weighted by atomic mass is 32.1. The van der Waals surface area contributed by atoms with Crippen LogP contribution in [-0.4, -0.2) is 56.5 Å². The summed E-state index contributed by atoms with van der Waals surface area (Å²) in [6, 6.07) is 13.8. The van der Waals surface area contributed by atoms with Crippen molar-refractivity contribution < 1.29 is 4.79 Å². The lowest BCUT2D eigenvalue weighted by molar-refractivity contribution is 0.0746. The van der Waals surface area contributed by atoms with Crippen LogP contribution in [0.2, 0.25) is 0 Å². The Hall–Kier alpha value is -3.26. The zero-order valence-electron chi connectivity index (χ0n) is 16.0. The minimum atomic E-state index is 0.0118. The van der Waals surface area contributed by atoms with Crippen molar-refractivity contribution in [2.45, 2.75) is 6.92 Å². The summed E-state index contributed by atoms with van der Waals surface area (Å²) in [5, 5.41) is 0.562. The van der Waals surface area contributed by atoms with Crippen molar-refractivity contribution in [3.8, 4) is 5.82 Å². The van der Waals surface area contributed by atoms with Crippen LogP contribution in [0.5, 0.6) is 0 Å². The Balaban J connectivity index is 1.31. The second kappa shape index (κ2) is 7.29. The molecule has 0 N–H and O–H groups in total. The van der Waals surface area contributed by atoms with E-state index in [-0.39, 0.29) is 5.91 Å². The van der Waals surface area contributed by atoms with E-state index in [1.165, 1.54) is 11.3 Å². The van der Waals surface area contributed by atoms with Crippen molar-refractivity contribution >= 4 is 33.3 Å². The molecule has 29 heavy (non-hydrogen) atoms. The predicted molar refractivity (Wildman–Crippen MR) is 114 cm³/mol. The number of fused-ring (bicyclic) bond motifs is 1. The number of hydrogen-bond acceptors (Lipinski definition) is 6. The Kier molecular flexibility index (Phi) is 4.48. The standard InChI is InChI=1S/C21H20N6OS/c1-15-22-18(25-8-4-5-9-25)14-19(23-15)26-10-12-27(13-11-26)21(28)20-24-16-6-2-3-7-17(16)29-20/h2-9,14H,10-13H2,1H3. The SMILES string of the molecule is Cc1nc(N2CCN(C(=O)c3nc4ccccc4s3)CC2)cc(-n2cccc2)n1. The number of amides is 1. The van der Waals surface area contributed by atoms with E-state index >= 15 is 0 Å². The molecule has 8 heteroatoms. The number of hydrogen-bond donors (Lipinski definition) is 0. The van der Waals surface area contributed by atoms with Gasteiger partial charge in [-0.05, 0) is 31.2 Å². The molecule has 0 unspecified atom stereocenters. The quantitative estimate of drug-likeness (QED) is 0.525. The molecule has 4 aromatic rings. The zero-order valence-corrected chi connectivity index (χ0v) is 16.8. The van der Waals surface area contributed by atoms with Gasteiger partial charge in [-0.1, -0.05) is 12.1 Å². The van der Waals surface area contributed by atoms with Crippen LogP contribution in [0.1, 0.15) is 15.6 Å². The second-order valence-electron chi connectivity index (χ2n) is 6.99. The van der Waals surface area contributed by atoms with Gasteiger partial charge in [0, 0.05) is 44.6 Å². The van der Waals surface area contributed by atoms with E-state index in [1.54, 1.807) is 0 Å². The summed E-state index contributed by atoms with van der Waals surface area (Å²) in [5.74, 6) is 2.50. The summed E-state index contributed by atoms with van der Waals surface area (Å²) in [6.07, 6.45) is 3.94. The van der Waals surface area contributed by atoms with Gasteiger partial charge in [0.05, 0.1) is 10.2 Å². The third-order valence-corrected chi connectivity index (χ3v) is 6.07. The minimum absolute atomic E-state index is 0.0118. The van der Waals surface area contributed by atoms with E-state index in [0.717, 1.165) is 40.8 Å². The fourth-order valence-electron chi connectivity index (χ4n) is 3.56. The summed E-state index contributed by atoms with van der Waals surface area (Å²) >= 11 is 1.46. The van der Waals surface area contributed by atoms with Crippen LogP contribution in [0.25, 0.3) is 16.0 Å². The number of thiazole rings is 1. The molecule has 0 saturated carbocycles. The van der Waals surface area contributed by atoms with Crippen molar-refractivity contribution in [2.24, 2.45) is 0 Å². The second-order valence-corrected chi connectivity index (χ2v) is 8.02. The van der Waals surface area contributed by atoms with Crippen LogP contribution >= 0.6 is 11.3 Å². The van der Waals surface area contributed by atoms with E-state index in [0.29, 0.717) is 18.1 Å². The summed E-state index contributed by atoms with van der Waals surface area (Å²) in [6.45, 7) is 4.67. The number of aromatic nitrogens is 4. The van der Waals surface area contributed by atoms with Gasteiger partial charge in [-0.15, -0.1) is 11.3 Å². The number of piperazine rings is 1. The summed E-state index contributed by atoms with van der Waals surface area (Å²) in [5.41, 5.74) is 0.883. The maximum absolute atomic E-state index is 12.9. The molecule has 1 fully saturated rings. The minimum Gasteiger partial charge on any atom is -0.353 e. The molecule has 0 atom stereocenters. The molecular weight excluding hydrogens is 384 g/mol. The molecule has 1 aliphatic rings. The average molecular weight is 404 g/mol. The topological polar surface area (TPSA) is 67.2 Å². The van der Waals surface area contributed by atoms with Gasteiger partial charge in [-0.3, -0.25) is 4.79 Å². The lowest BCUT2D eigenvalue weighted by Crippen LogP contribution is -2.49. The fraction of sp³-hybridized carbons (Fsp3) is 0.238. The number of carbonyl (C=O) groups is 1. The lowest BCUT2D eigenvalue weighted by Gasteiger charge is -2.35. The third kappa shape index (κ3) is 3.47. The highest BCUT2D eigenvalue weighted by Crippen LogP contribution is 2.24. The maximum Gasteiger partial charge on any atom is 0.282 e. The summed E-state index contributed by atoms with van der Waals surface area (Å²) in [7, 11) is 0. The molecule has 1 amide bonds. The zero-order chi connectivity index (χ0) is 19.8. The molecule has 7 nitrogen and oxygen atoms in total.